The molecule has 0 radical (unpaired) electrons. The van der Waals surface area contributed by atoms with Crippen LogP contribution in [0.2, 0.25) is 0 Å². The molecule has 4 atom stereocenters. The molecule has 3 fully saturated rings. The highest BCUT2D eigenvalue weighted by molar-refractivity contribution is 5.76. The monoisotopic (exact) mass is 336 g/mol. The molecule has 1 amide bonds. The Labute approximate surface area is 147 Å². The lowest BCUT2D eigenvalue weighted by atomic mass is 9.80. The van der Waals surface area contributed by atoms with Gasteiger partial charge in [-0.3, -0.25) is 9.69 Å². The maximum absolute atomic E-state index is 12.4. The van der Waals surface area contributed by atoms with Gasteiger partial charge in [0, 0.05) is 31.6 Å². The van der Waals surface area contributed by atoms with Crippen molar-refractivity contribution in [3.05, 3.63) is 0 Å². The zero-order valence-electron chi connectivity index (χ0n) is 15.4. The van der Waals surface area contributed by atoms with E-state index in [9.17, 15) is 9.90 Å². The van der Waals surface area contributed by atoms with E-state index in [2.05, 4.69) is 17.1 Å². The molecule has 1 heterocycles. The minimum atomic E-state index is -0.141. The molecule has 24 heavy (non-hydrogen) atoms. The first-order chi connectivity index (χ1) is 11.6. The molecule has 3 rings (SSSR count). The number of hydrogen-bond donors (Lipinski definition) is 2. The molecule has 0 aromatic heterocycles. The summed E-state index contributed by atoms with van der Waals surface area (Å²) in [6.07, 6.45) is 12.3. The number of carbonyl (C=O) groups excluding carboxylic acids is 1. The van der Waals surface area contributed by atoms with Gasteiger partial charge in [-0.1, -0.05) is 32.6 Å². The van der Waals surface area contributed by atoms with Gasteiger partial charge in [-0.2, -0.15) is 0 Å². The van der Waals surface area contributed by atoms with Gasteiger partial charge >= 0.3 is 0 Å². The van der Waals surface area contributed by atoms with Gasteiger partial charge in [-0.05, 0) is 50.4 Å². The van der Waals surface area contributed by atoms with Crippen molar-refractivity contribution in [2.45, 2.75) is 95.7 Å². The number of rotatable bonds is 4. The first-order valence-electron chi connectivity index (χ1n) is 10.3. The summed E-state index contributed by atoms with van der Waals surface area (Å²) in [7, 11) is 0. The highest BCUT2D eigenvalue weighted by atomic mass is 16.3. The maximum atomic E-state index is 12.4. The van der Waals surface area contributed by atoms with Gasteiger partial charge in [-0.25, -0.2) is 0 Å². The Kier molecular flexibility index (Phi) is 6.56. The molecule has 0 bridgehead atoms. The third kappa shape index (κ3) is 4.95. The van der Waals surface area contributed by atoms with Crippen LogP contribution in [-0.2, 0) is 4.79 Å². The van der Waals surface area contributed by atoms with Crippen LogP contribution in [0.5, 0.6) is 0 Å². The summed E-state index contributed by atoms with van der Waals surface area (Å²) < 4.78 is 0. The number of likely N-dealkylation sites (tertiary alicyclic amines) is 1. The van der Waals surface area contributed by atoms with Crippen LogP contribution in [0.25, 0.3) is 0 Å². The van der Waals surface area contributed by atoms with E-state index in [-0.39, 0.29) is 12.0 Å². The minimum absolute atomic E-state index is 0.141. The second-order valence-corrected chi connectivity index (χ2v) is 8.64. The average molecular weight is 337 g/mol. The summed E-state index contributed by atoms with van der Waals surface area (Å²) in [6, 6.07) is 0.703. The largest absolute Gasteiger partial charge is 0.391 e. The second kappa shape index (κ2) is 8.66. The fourth-order valence-electron chi connectivity index (χ4n) is 5.19. The fourth-order valence-corrected chi connectivity index (χ4v) is 5.19. The smallest absolute Gasteiger partial charge is 0.220 e. The lowest BCUT2D eigenvalue weighted by molar-refractivity contribution is -0.123. The van der Waals surface area contributed by atoms with E-state index in [4.69, 9.17) is 0 Å². The van der Waals surface area contributed by atoms with Gasteiger partial charge in [0.15, 0.2) is 0 Å². The third-order valence-corrected chi connectivity index (χ3v) is 6.58. The topological polar surface area (TPSA) is 52.6 Å². The second-order valence-electron chi connectivity index (χ2n) is 8.64. The van der Waals surface area contributed by atoms with E-state index in [1.807, 2.05) is 0 Å². The van der Waals surface area contributed by atoms with Crippen molar-refractivity contribution < 1.29 is 9.90 Å². The van der Waals surface area contributed by atoms with Gasteiger partial charge in [0.25, 0.3) is 0 Å². The van der Waals surface area contributed by atoms with Crippen LogP contribution in [0.15, 0.2) is 0 Å². The number of piperidine rings is 1. The standard InChI is InChI=1S/C20H36N2O2/c1-15-5-4-6-16(13-15)14-20(24)21-17-9-11-22(12-10-17)18-7-2-3-8-19(18)23/h15-19,23H,2-14H2,1H3,(H,21,24). The molecule has 2 saturated carbocycles. The van der Waals surface area contributed by atoms with Gasteiger partial charge in [-0.15, -0.1) is 0 Å². The highest BCUT2D eigenvalue weighted by Gasteiger charge is 2.32. The van der Waals surface area contributed by atoms with Gasteiger partial charge in [0.2, 0.25) is 5.91 Å². The predicted octanol–water partition coefficient (Wildman–Crippen LogP) is 3.09. The summed E-state index contributed by atoms with van der Waals surface area (Å²) in [5, 5.41) is 13.5. The number of aliphatic hydroxyl groups excluding tert-OH is 1. The van der Waals surface area contributed by atoms with E-state index in [1.165, 1.54) is 38.5 Å². The predicted molar refractivity (Wildman–Crippen MR) is 96.7 cm³/mol. The van der Waals surface area contributed by atoms with Crippen LogP contribution < -0.4 is 5.32 Å². The van der Waals surface area contributed by atoms with Crippen LogP contribution in [0.4, 0.5) is 0 Å². The molecule has 138 valence electrons. The number of amides is 1. The number of carbonyl (C=O) groups is 1. The zero-order valence-corrected chi connectivity index (χ0v) is 15.4. The summed E-state index contributed by atoms with van der Waals surface area (Å²) in [5.41, 5.74) is 0. The number of hydrogen-bond acceptors (Lipinski definition) is 3. The Bertz CT molecular complexity index is 406. The summed E-state index contributed by atoms with van der Waals surface area (Å²) in [5.74, 6) is 1.66. The van der Waals surface area contributed by atoms with Crippen LogP contribution >= 0.6 is 0 Å². The Morgan fingerprint density at radius 3 is 2.50 bits per heavy atom. The number of nitrogens with zero attached hydrogens (tertiary/aromatic N) is 1. The Morgan fingerprint density at radius 1 is 1.04 bits per heavy atom. The fraction of sp³-hybridized carbons (Fsp3) is 0.950. The molecule has 4 nitrogen and oxygen atoms in total. The van der Waals surface area contributed by atoms with Crippen molar-refractivity contribution in [1.82, 2.24) is 10.2 Å². The van der Waals surface area contributed by atoms with Crippen molar-refractivity contribution in [3.8, 4) is 0 Å². The van der Waals surface area contributed by atoms with Gasteiger partial charge in [0.1, 0.15) is 0 Å². The normalized spacial score (nSPS) is 36.4. The van der Waals surface area contributed by atoms with Crippen molar-refractivity contribution in [1.29, 1.82) is 0 Å². The van der Waals surface area contributed by atoms with Gasteiger partial charge < -0.3 is 10.4 Å². The van der Waals surface area contributed by atoms with Crippen LogP contribution in [0, 0.1) is 11.8 Å². The van der Waals surface area contributed by atoms with E-state index >= 15 is 0 Å². The van der Waals surface area contributed by atoms with Crippen LogP contribution in [0.3, 0.4) is 0 Å². The van der Waals surface area contributed by atoms with Crippen molar-refractivity contribution >= 4 is 5.91 Å². The third-order valence-electron chi connectivity index (χ3n) is 6.58. The molecule has 1 saturated heterocycles. The molecule has 0 aromatic rings. The lowest BCUT2D eigenvalue weighted by Gasteiger charge is -2.41. The first kappa shape index (κ1) is 18.2. The SMILES string of the molecule is CC1CCCC(CC(=O)NC2CCN(C3CCCCC3O)CC2)C1. The maximum Gasteiger partial charge on any atom is 0.220 e. The number of aliphatic hydroxyl groups is 1. The van der Waals surface area contributed by atoms with Crippen LogP contribution in [-0.4, -0.2) is 47.2 Å². The van der Waals surface area contributed by atoms with Crippen LogP contribution in [0.1, 0.15) is 77.6 Å². The molecule has 2 aliphatic carbocycles. The molecule has 4 unspecified atom stereocenters. The number of nitrogens with one attached hydrogen (secondary N) is 1. The summed E-state index contributed by atoms with van der Waals surface area (Å²) >= 11 is 0. The molecule has 2 N–H and O–H groups in total. The average Bonchev–Trinajstić information content (AvgIpc) is 2.56. The molecule has 0 aromatic carbocycles. The molecule has 4 heteroatoms. The highest BCUT2D eigenvalue weighted by Crippen LogP contribution is 2.31. The quantitative estimate of drug-likeness (QED) is 0.829. The first-order valence-corrected chi connectivity index (χ1v) is 10.3. The van der Waals surface area contributed by atoms with Crippen molar-refractivity contribution in [2.24, 2.45) is 11.8 Å². The van der Waals surface area contributed by atoms with Crippen molar-refractivity contribution in [3.63, 3.8) is 0 Å². The Hall–Kier alpha value is -0.610. The van der Waals surface area contributed by atoms with E-state index < -0.39 is 0 Å². The molecular weight excluding hydrogens is 300 g/mol. The Morgan fingerprint density at radius 2 is 1.79 bits per heavy atom. The minimum Gasteiger partial charge on any atom is -0.391 e. The lowest BCUT2D eigenvalue weighted by Crippen LogP contribution is -2.52. The van der Waals surface area contributed by atoms with Crippen molar-refractivity contribution in [2.75, 3.05) is 13.1 Å². The van der Waals surface area contributed by atoms with E-state index in [1.54, 1.807) is 0 Å². The molecule has 0 spiro atoms. The van der Waals surface area contributed by atoms with E-state index in [0.29, 0.717) is 18.0 Å². The summed E-state index contributed by atoms with van der Waals surface area (Å²) in [6.45, 7) is 4.36. The molecule has 1 aliphatic heterocycles. The summed E-state index contributed by atoms with van der Waals surface area (Å²) in [4.78, 5) is 14.8. The van der Waals surface area contributed by atoms with E-state index in [0.717, 1.165) is 51.1 Å². The molecule has 3 aliphatic rings. The zero-order chi connectivity index (χ0) is 16.9. The Balaban J connectivity index is 1.38. The van der Waals surface area contributed by atoms with Gasteiger partial charge in [0.05, 0.1) is 6.10 Å². The molecular formula is C20H36N2O2.